The Bertz CT molecular complexity index is 740. The van der Waals surface area contributed by atoms with Crippen molar-refractivity contribution in [3.05, 3.63) is 48.0 Å². The summed E-state index contributed by atoms with van der Waals surface area (Å²) in [4.78, 5) is 36.7. The van der Waals surface area contributed by atoms with Gasteiger partial charge in [-0.15, -0.1) is 0 Å². The third-order valence-electron chi connectivity index (χ3n) is 3.72. The summed E-state index contributed by atoms with van der Waals surface area (Å²) in [5.41, 5.74) is 0.602. The topological polar surface area (TPSA) is 66.5 Å². The Morgan fingerprint density at radius 3 is 2.39 bits per heavy atom. The van der Waals surface area contributed by atoms with Gasteiger partial charge < -0.3 is 10.2 Å². The minimum Gasteiger partial charge on any atom is -0.358 e. The molecule has 2 aromatic rings. The van der Waals surface area contributed by atoms with Crippen molar-refractivity contribution < 1.29 is 14.4 Å². The van der Waals surface area contributed by atoms with Gasteiger partial charge in [0.25, 0.3) is 0 Å². The molecular weight excluding hydrogens is 292 g/mol. The van der Waals surface area contributed by atoms with Crippen LogP contribution in [-0.2, 0) is 9.59 Å². The van der Waals surface area contributed by atoms with Crippen LogP contribution in [0.4, 0.5) is 0 Å². The zero-order valence-corrected chi connectivity index (χ0v) is 13.3. The summed E-state index contributed by atoms with van der Waals surface area (Å²) in [6.45, 7) is -0.000498. The van der Waals surface area contributed by atoms with Crippen LogP contribution in [0.2, 0.25) is 0 Å². The zero-order chi connectivity index (χ0) is 16.8. The molecule has 5 nitrogen and oxygen atoms in total. The molecule has 0 atom stereocenters. The van der Waals surface area contributed by atoms with E-state index >= 15 is 0 Å². The summed E-state index contributed by atoms with van der Waals surface area (Å²) < 4.78 is 0. The molecule has 5 heteroatoms. The second-order valence-electron chi connectivity index (χ2n) is 5.41. The van der Waals surface area contributed by atoms with Gasteiger partial charge in [0.1, 0.15) is 0 Å². The maximum atomic E-state index is 12.2. The van der Waals surface area contributed by atoms with Crippen molar-refractivity contribution >= 4 is 28.4 Å². The van der Waals surface area contributed by atoms with E-state index in [-0.39, 0.29) is 37.0 Å². The highest BCUT2D eigenvalue weighted by molar-refractivity contribution is 6.01. The first-order chi connectivity index (χ1) is 11.0. The molecule has 0 bridgehead atoms. The van der Waals surface area contributed by atoms with Gasteiger partial charge in [0.05, 0.1) is 6.54 Å². The molecule has 2 aromatic carbocycles. The molecule has 0 aromatic heterocycles. The molecule has 0 heterocycles. The largest absolute Gasteiger partial charge is 0.358 e. The summed E-state index contributed by atoms with van der Waals surface area (Å²) in [5.74, 6) is -0.526. The van der Waals surface area contributed by atoms with Crippen molar-refractivity contribution in [1.29, 1.82) is 0 Å². The molecular formula is C18H20N2O3. The average molecular weight is 312 g/mol. The number of nitrogens with one attached hydrogen (secondary N) is 1. The van der Waals surface area contributed by atoms with Crippen molar-refractivity contribution in [2.75, 3.05) is 20.6 Å². The number of hydrogen-bond donors (Lipinski definition) is 1. The lowest BCUT2D eigenvalue weighted by Gasteiger charge is -2.15. The van der Waals surface area contributed by atoms with Gasteiger partial charge in [-0.1, -0.05) is 36.4 Å². The average Bonchev–Trinajstić information content (AvgIpc) is 2.58. The van der Waals surface area contributed by atoms with Crippen LogP contribution in [0.25, 0.3) is 10.8 Å². The first-order valence-electron chi connectivity index (χ1n) is 7.48. The van der Waals surface area contributed by atoms with E-state index in [0.29, 0.717) is 5.56 Å². The number of hydrogen-bond acceptors (Lipinski definition) is 3. The predicted molar refractivity (Wildman–Crippen MR) is 89.2 cm³/mol. The van der Waals surface area contributed by atoms with Gasteiger partial charge in [-0.3, -0.25) is 14.4 Å². The van der Waals surface area contributed by atoms with Gasteiger partial charge >= 0.3 is 0 Å². The standard InChI is InChI=1S/C18H20N2O3/c1-19-17(22)12-20(2)18(23)10-9-16(21)15-8-7-13-5-3-4-6-14(13)11-15/h3-8,11H,9-10,12H2,1-2H3,(H,19,22). The lowest BCUT2D eigenvalue weighted by Crippen LogP contribution is -2.36. The highest BCUT2D eigenvalue weighted by Gasteiger charge is 2.14. The molecule has 23 heavy (non-hydrogen) atoms. The molecule has 0 saturated heterocycles. The molecule has 0 aliphatic carbocycles. The van der Waals surface area contributed by atoms with E-state index in [2.05, 4.69) is 5.32 Å². The number of Topliss-reactive ketones (excluding diaryl/α,β-unsaturated/α-hetero) is 1. The van der Waals surface area contributed by atoms with Gasteiger partial charge in [-0.2, -0.15) is 0 Å². The normalized spacial score (nSPS) is 10.3. The SMILES string of the molecule is CNC(=O)CN(C)C(=O)CCC(=O)c1ccc2ccccc2c1. The molecule has 0 saturated carbocycles. The van der Waals surface area contributed by atoms with Crippen molar-refractivity contribution in [2.24, 2.45) is 0 Å². The van der Waals surface area contributed by atoms with Crippen LogP contribution in [-0.4, -0.2) is 43.1 Å². The van der Waals surface area contributed by atoms with Crippen LogP contribution in [0.3, 0.4) is 0 Å². The summed E-state index contributed by atoms with van der Waals surface area (Å²) in [6, 6.07) is 13.3. The minimum atomic E-state index is -0.235. The Balaban J connectivity index is 1.95. The Kier molecular flexibility index (Phi) is 5.46. The number of amides is 2. The third kappa shape index (κ3) is 4.39. The van der Waals surface area contributed by atoms with Gasteiger partial charge in [0.2, 0.25) is 11.8 Å². The van der Waals surface area contributed by atoms with Gasteiger partial charge in [0.15, 0.2) is 5.78 Å². The molecule has 0 aliphatic heterocycles. The van der Waals surface area contributed by atoms with E-state index in [9.17, 15) is 14.4 Å². The van der Waals surface area contributed by atoms with Crippen LogP contribution in [0, 0.1) is 0 Å². The quantitative estimate of drug-likeness (QED) is 0.830. The molecule has 0 unspecified atom stereocenters. The van der Waals surface area contributed by atoms with Crippen LogP contribution in [0.5, 0.6) is 0 Å². The van der Waals surface area contributed by atoms with Gasteiger partial charge in [-0.05, 0) is 16.8 Å². The lowest BCUT2D eigenvalue weighted by atomic mass is 10.0. The fraction of sp³-hybridized carbons (Fsp3) is 0.278. The van der Waals surface area contributed by atoms with Crippen molar-refractivity contribution in [3.63, 3.8) is 0 Å². The lowest BCUT2D eigenvalue weighted by molar-refractivity contribution is -0.134. The Morgan fingerprint density at radius 1 is 1.00 bits per heavy atom. The van der Waals surface area contributed by atoms with Crippen LogP contribution < -0.4 is 5.32 Å². The van der Waals surface area contributed by atoms with Gasteiger partial charge in [-0.25, -0.2) is 0 Å². The summed E-state index contributed by atoms with van der Waals surface area (Å²) >= 11 is 0. The van der Waals surface area contributed by atoms with E-state index < -0.39 is 0 Å². The fourth-order valence-corrected chi connectivity index (χ4v) is 2.30. The zero-order valence-electron chi connectivity index (χ0n) is 13.3. The van der Waals surface area contributed by atoms with Crippen molar-refractivity contribution in [1.82, 2.24) is 10.2 Å². The minimum absolute atomic E-state index is 0.000498. The van der Waals surface area contributed by atoms with Crippen LogP contribution >= 0.6 is 0 Å². The molecule has 2 rings (SSSR count). The maximum absolute atomic E-state index is 12.2. The van der Waals surface area contributed by atoms with Crippen molar-refractivity contribution in [2.45, 2.75) is 12.8 Å². The van der Waals surface area contributed by atoms with E-state index in [1.165, 1.54) is 11.9 Å². The molecule has 0 fully saturated rings. The maximum Gasteiger partial charge on any atom is 0.239 e. The number of nitrogens with zero attached hydrogens (tertiary/aromatic N) is 1. The number of fused-ring (bicyclic) bond motifs is 1. The highest BCUT2D eigenvalue weighted by atomic mass is 16.2. The van der Waals surface area contributed by atoms with Gasteiger partial charge in [0, 0.05) is 32.5 Å². The smallest absolute Gasteiger partial charge is 0.239 e. The second kappa shape index (κ2) is 7.54. The van der Waals surface area contributed by atoms with Crippen molar-refractivity contribution in [3.8, 4) is 0 Å². The fourth-order valence-electron chi connectivity index (χ4n) is 2.30. The molecule has 1 N–H and O–H groups in total. The number of ketones is 1. The highest BCUT2D eigenvalue weighted by Crippen LogP contribution is 2.17. The molecule has 120 valence electrons. The predicted octanol–water partition coefficient (Wildman–Crippen LogP) is 2.01. The summed E-state index contributed by atoms with van der Waals surface area (Å²) in [5, 5.41) is 4.53. The first kappa shape index (κ1) is 16.7. The number of likely N-dealkylation sites (N-methyl/N-ethyl adjacent to an activating group) is 2. The summed E-state index contributed by atoms with van der Waals surface area (Å²) in [7, 11) is 3.07. The monoisotopic (exact) mass is 312 g/mol. The van der Waals surface area contributed by atoms with Crippen LogP contribution in [0.1, 0.15) is 23.2 Å². The van der Waals surface area contributed by atoms with Crippen LogP contribution in [0.15, 0.2) is 42.5 Å². The molecule has 0 radical (unpaired) electrons. The van der Waals surface area contributed by atoms with E-state index in [1.54, 1.807) is 13.1 Å². The molecule has 2 amide bonds. The molecule has 0 aliphatic rings. The Labute approximate surface area is 135 Å². The number of carbonyl (C=O) groups excluding carboxylic acids is 3. The van der Waals surface area contributed by atoms with E-state index in [0.717, 1.165) is 10.8 Å². The number of carbonyl (C=O) groups is 3. The number of rotatable bonds is 6. The molecule has 0 spiro atoms. The Morgan fingerprint density at radius 2 is 1.70 bits per heavy atom. The Hall–Kier alpha value is -2.69. The van der Waals surface area contributed by atoms with E-state index in [4.69, 9.17) is 0 Å². The second-order valence-corrected chi connectivity index (χ2v) is 5.41. The first-order valence-corrected chi connectivity index (χ1v) is 7.48. The number of benzene rings is 2. The van der Waals surface area contributed by atoms with E-state index in [1.807, 2.05) is 36.4 Å². The third-order valence-corrected chi connectivity index (χ3v) is 3.72. The summed E-state index contributed by atoms with van der Waals surface area (Å²) in [6.07, 6.45) is 0.231.